The molecule has 0 unspecified atom stereocenters. The number of halogens is 1. The molecule has 1 aromatic rings. The highest BCUT2D eigenvalue weighted by Gasteiger charge is 2.09. The lowest BCUT2D eigenvalue weighted by molar-refractivity contribution is -0.138. The molecular weight excluding hydrogens is 278 g/mol. The molecule has 20 heavy (non-hydrogen) atoms. The first kappa shape index (κ1) is 17.0. The predicted molar refractivity (Wildman–Crippen MR) is 80.0 cm³/mol. The Labute approximate surface area is 125 Å². The van der Waals surface area contributed by atoms with E-state index >= 15 is 0 Å². The Morgan fingerprint density at radius 2 is 1.80 bits per heavy atom. The summed E-state index contributed by atoms with van der Waals surface area (Å²) >= 11 is 5.71. The van der Waals surface area contributed by atoms with Crippen molar-refractivity contribution in [3.05, 3.63) is 35.4 Å². The molecule has 0 bridgehead atoms. The normalized spacial score (nSPS) is 10.8. The maximum atomic E-state index is 11.9. The second-order valence-corrected chi connectivity index (χ2v) is 4.48. The van der Waals surface area contributed by atoms with Gasteiger partial charge in [-0.05, 0) is 31.5 Å². The van der Waals surface area contributed by atoms with E-state index in [4.69, 9.17) is 21.1 Å². The molecule has 5 heteroatoms. The maximum Gasteiger partial charge on any atom is 0.251 e. The molecule has 1 amide bonds. The van der Waals surface area contributed by atoms with Gasteiger partial charge in [-0.25, -0.2) is 0 Å². The highest BCUT2D eigenvalue weighted by atomic mass is 35.5. The fourth-order valence-corrected chi connectivity index (χ4v) is 1.92. The third-order valence-electron chi connectivity index (χ3n) is 2.74. The van der Waals surface area contributed by atoms with Gasteiger partial charge < -0.3 is 14.8 Å². The molecule has 0 aliphatic rings. The van der Waals surface area contributed by atoms with E-state index in [9.17, 15) is 4.79 Å². The molecule has 0 aliphatic heterocycles. The molecule has 0 heterocycles. The minimum absolute atomic E-state index is 0.0992. The summed E-state index contributed by atoms with van der Waals surface area (Å²) in [6.07, 6.45) is 0.372. The molecule has 4 nitrogen and oxygen atoms in total. The number of carbonyl (C=O) groups excluding carboxylic acids is 1. The molecule has 0 aromatic heterocycles. The monoisotopic (exact) mass is 299 g/mol. The van der Waals surface area contributed by atoms with Gasteiger partial charge in [-0.15, -0.1) is 11.6 Å². The van der Waals surface area contributed by atoms with E-state index in [1.54, 1.807) is 12.1 Å². The van der Waals surface area contributed by atoms with Crippen molar-refractivity contribution < 1.29 is 14.3 Å². The summed E-state index contributed by atoms with van der Waals surface area (Å²) in [4.78, 5) is 11.9. The van der Waals surface area contributed by atoms with Gasteiger partial charge in [-0.2, -0.15) is 0 Å². The number of amides is 1. The number of hydrogen-bond acceptors (Lipinski definition) is 3. The molecule has 0 spiro atoms. The maximum absolute atomic E-state index is 11.9. The third-order valence-corrected chi connectivity index (χ3v) is 3.05. The van der Waals surface area contributed by atoms with Gasteiger partial charge in [0.15, 0.2) is 6.29 Å². The average molecular weight is 300 g/mol. The Bertz CT molecular complexity index is 389. The van der Waals surface area contributed by atoms with E-state index in [-0.39, 0.29) is 12.2 Å². The lowest BCUT2D eigenvalue weighted by Gasteiger charge is -2.17. The van der Waals surface area contributed by atoms with Crippen LogP contribution in [-0.4, -0.2) is 32.0 Å². The van der Waals surface area contributed by atoms with Crippen LogP contribution in [0.15, 0.2) is 24.3 Å². The van der Waals surface area contributed by atoms with Crippen LogP contribution in [-0.2, 0) is 15.4 Å². The van der Waals surface area contributed by atoms with Gasteiger partial charge >= 0.3 is 0 Å². The Kier molecular flexibility index (Phi) is 8.26. The molecule has 112 valence electrons. The van der Waals surface area contributed by atoms with Gasteiger partial charge in [0.25, 0.3) is 5.91 Å². The molecule has 1 aromatic carbocycles. The van der Waals surface area contributed by atoms with Crippen molar-refractivity contribution in [3.8, 4) is 0 Å². The van der Waals surface area contributed by atoms with Crippen LogP contribution in [0.5, 0.6) is 0 Å². The van der Waals surface area contributed by atoms with Crippen molar-refractivity contribution in [3.63, 3.8) is 0 Å². The Morgan fingerprint density at radius 3 is 2.30 bits per heavy atom. The van der Waals surface area contributed by atoms with E-state index in [0.29, 0.717) is 37.6 Å². The number of alkyl halides is 1. The Hall–Kier alpha value is -1.10. The van der Waals surface area contributed by atoms with Crippen molar-refractivity contribution in [2.24, 2.45) is 0 Å². The van der Waals surface area contributed by atoms with Gasteiger partial charge in [0.2, 0.25) is 0 Å². The van der Waals surface area contributed by atoms with Crippen LogP contribution in [0.25, 0.3) is 0 Å². The summed E-state index contributed by atoms with van der Waals surface area (Å²) in [6.45, 7) is 5.55. The number of hydrogen-bond donors (Lipinski definition) is 1. The van der Waals surface area contributed by atoms with E-state index in [2.05, 4.69) is 5.32 Å². The minimum atomic E-state index is -0.260. The van der Waals surface area contributed by atoms with Gasteiger partial charge in [0, 0.05) is 37.6 Å². The number of nitrogens with one attached hydrogen (secondary N) is 1. The predicted octanol–water partition coefficient (Wildman–Crippen LogP) is 2.94. The Morgan fingerprint density at radius 1 is 1.20 bits per heavy atom. The molecule has 0 saturated heterocycles. The summed E-state index contributed by atoms with van der Waals surface area (Å²) in [6, 6.07) is 7.25. The van der Waals surface area contributed by atoms with Crippen LogP contribution >= 0.6 is 11.6 Å². The summed E-state index contributed by atoms with van der Waals surface area (Å²) in [5.41, 5.74) is 1.62. The van der Waals surface area contributed by atoms with Crippen molar-refractivity contribution in [2.45, 2.75) is 32.4 Å². The van der Waals surface area contributed by atoms with Crippen molar-refractivity contribution >= 4 is 17.5 Å². The zero-order chi connectivity index (χ0) is 14.8. The van der Waals surface area contributed by atoms with Crippen LogP contribution in [0.4, 0.5) is 0 Å². The molecule has 1 N–H and O–H groups in total. The SMILES string of the molecule is CCOC(CCNC(=O)c1ccc(CCl)cc1)OCC. The largest absolute Gasteiger partial charge is 0.353 e. The van der Waals surface area contributed by atoms with E-state index in [1.165, 1.54) is 0 Å². The second kappa shape index (κ2) is 9.75. The molecule has 0 radical (unpaired) electrons. The smallest absolute Gasteiger partial charge is 0.251 e. The first-order valence-corrected chi connectivity index (χ1v) is 7.41. The zero-order valence-electron chi connectivity index (χ0n) is 12.0. The van der Waals surface area contributed by atoms with Gasteiger partial charge in [0.05, 0.1) is 0 Å². The quantitative estimate of drug-likeness (QED) is 0.563. The number of rotatable bonds is 9. The summed E-state index contributed by atoms with van der Waals surface area (Å²) in [5, 5.41) is 2.85. The molecule has 0 atom stereocenters. The van der Waals surface area contributed by atoms with Crippen molar-refractivity contribution in [1.29, 1.82) is 0 Å². The standard InChI is InChI=1S/C15H22ClNO3/c1-3-19-14(20-4-2)9-10-17-15(18)13-7-5-12(11-16)6-8-13/h5-8,14H,3-4,9-11H2,1-2H3,(H,17,18). The zero-order valence-corrected chi connectivity index (χ0v) is 12.8. The number of ether oxygens (including phenoxy) is 2. The second-order valence-electron chi connectivity index (χ2n) is 4.22. The van der Waals surface area contributed by atoms with Gasteiger partial charge in [0.1, 0.15) is 0 Å². The topological polar surface area (TPSA) is 47.6 Å². The summed E-state index contributed by atoms with van der Waals surface area (Å²) < 4.78 is 10.8. The van der Waals surface area contributed by atoms with E-state index in [1.807, 2.05) is 26.0 Å². The first-order chi connectivity index (χ1) is 9.71. The van der Waals surface area contributed by atoms with Gasteiger partial charge in [-0.1, -0.05) is 12.1 Å². The third kappa shape index (κ3) is 5.90. The van der Waals surface area contributed by atoms with Crippen molar-refractivity contribution in [2.75, 3.05) is 19.8 Å². The first-order valence-electron chi connectivity index (χ1n) is 6.87. The Balaban J connectivity index is 2.37. The lowest BCUT2D eigenvalue weighted by atomic mass is 10.1. The highest BCUT2D eigenvalue weighted by molar-refractivity contribution is 6.17. The fourth-order valence-electron chi connectivity index (χ4n) is 1.74. The minimum Gasteiger partial charge on any atom is -0.353 e. The number of carbonyl (C=O) groups is 1. The summed E-state index contributed by atoms with van der Waals surface area (Å²) in [7, 11) is 0. The highest BCUT2D eigenvalue weighted by Crippen LogP contribution is 2.07. The molecule has 1 rings (SSSR count). The molecular formula is C15H22ClNO3. The van der Waals surface area contributed by atoms with Crippen molar-refractivity contribution in [1.82, 2.24) is 5.32 Å². The average Bonchev–Trinajstić information content (AvgIpc) is 2.47. The van der Waals surface area contributed by atoms with Gasteiger partial charge in [-0.3, -0.25) is 4.79 Å². The number of benzene rings is 1. The molecule has 0 aliphatic carbocycles. The molecule has 0 fully saturated rings. The molecule has 0 saturated carbocycles. The fraction of sp³-hybridized carbons (Fsp3) is 0.533. The van der Waals surface area contributed by atoms with E-state index < -0.39 is 0 Å². The van der Waals surface area contributed by atoms with Crippen LogP contribution in [0.1, 0.15) is 36.2 Å². The van der Waals surface area contributed by atoms with Crippen LogP contribution in [0.2, 0.25) is 0 Å². The van der Waals surface area contributed by atoms with Crippen LogP contribution in [0, 0.1) is 0 Å². The van der Waals surface area contributed by atoms with Crippen LogP contribution < -0.4 is 5.32 Å². The van der Waals surface area contributed by atoms with E-state index in [0.717, 1.165) is 5.56 Å². The lowest BCUT2D eigenvalue weighted by Crippen LogP contribution is -2.29. The van der Waals surface area contributed by atoms with Crippen LogP contribution in [0.3, 0.4) is 0 Å². The summed E-state index contributed by atoms with van der Waals surface area (Å²) in [5.74, 6) is 0.351.